The molecule has 0 atom stereocenters. The fourth-order valence-electron chi connectivity index (χ4n) is 2.79. The SMILES string of the molecule is COC(=O)c1ccc(NC(=O)CCN2C(=O)SC(=Cc3ccc(OC)cc3)C2=O)cc1. The Balaban J connectivity index is 1.56. The number of carbonyl (C=O) groups is 4. The summed E-state index contributed by atoms with van der Waals surface area (Å²) in [6.45, 7) is -0.0311. The van der Waals surface area contributed by atoms with Crippen LogP contribution in [0.25, 0.3) is 6.08 Å². The largest absolute Gasteiger partial charge is 0.497 e. The fraction of sp³-hybridized carbons (Fsp3) is 0.182. The Morgan fingerprint density at radius 2 is 1.71 bits per heavy atom. The van der Waals surface area contributed by atoms with E-state index in [0.29, 0.717) is 21.9 Å². The molecule has 1 aliphatic rings. The number of esters is 1. The van der Waals surface area contributed by atoms with Crippen molar-refractivity contribution in [2.24, 2.45) is 0 Å². The van der Waals surface area contributed by atoms with Crippen molar-refractivity contribution in [3.8, 4) is 5.75 Å². The van der Waals surface area contributed by atoms with Crippen LogP contribution in [0, 0.1) is 0 Å². The summed E-state index contributed by atoms with van der Waals surface area (Å²) in [5.41, 5.74) is 1.62. The molecule has 31 heavy (non-hydrogen) atoms. The van der Waals surface area contributed by atoms with Crippen LogP contribution >= 0.6 is 11.8 Å². The summed E-state index contributed by atoms with van der Waals surface area (Å²) in [5, 5.41) is 2.25. The highest BCUT2D eigenvalue weighted by Gasteiger charge is 2.35. The first-order valence-corrected chi connectivity index (χ1v) is 10.1. The van der Waals surface area contributed by atoms with Crippen LogP contribution in [0.3, 0.4) is 0 Å². The number of ether oxygens (including phenoxy) is 2. The second-order valence-electron chi connectivity index (χ2n) is 6.47. The van der Waals surface area contributed by atoms with Gasteiger partial charge in [0.15, 0.2) is 0 Å². The zero-order chi connectivity index (χ0) is 22.4. The van der Waals surface area contributed by atoms with Crippen LogP contribution in [0.4, 0.5) is 10.5 Å². The van der Waals surface area contributed by atoms with Crippen molar-refractivity contribution in [2.75, 3.05) is 26.1 Å². The van der Waals surface area contributed by atoms with Crippen molar-refractivity contribution in [1.29, 1.82) is 0 Å². The van der Waals surface area contributed by atoms with Gasteiger partial charge in [-0.25, -0.2) is 4.79 Å². The number of amides is 3. The van der Waals surface area contributed by atoms with Crippen molar-refractivity contribution in [3.63, 3.8) is 0 Å². The van der Waals surface area contributed by atoms with Crippen LogP contribution < -0.4 is 10.1 Å². The zero-order valence-corrected chi connectivity index (χ0v) is 17.7. The van der Waals surface area contributed by atoms with E-state index in [-0.39, 0.29) is 18.9 Å². The van der Waals surface area contributed by atoms with Crippen molar-refractivity contribution in [1.82, 2.24) is 4.90 Å². The standard InChI is InChI=1S/C22H20N2O6S/c1-29-17-9-3-14(4-10-17)13-18-20(26)24(22(28)31-18)12-11-19(25)23-16-7-5-15(6-8-16)21(27)30-2/h3-10,13H,11-12H2,1-2H3,(H,23,25). The van der Waals surface area contributed by atoms with Crippen LogP contribution in [0.5, 0.6) is 5.75 Å². The second-order valence-corrected chi connectivity index (χ2v) is 7.47. The number of imide groups is 1. The maximum Gasteiger partial charge on any atom is 0.337 e. The lowest BCUT2D eigenvalue weighted by Gasteiger charge is -2.12. The Morgan fingerprint density at radius 3 is 2.32 bits per heavy atom. The average Bonchev–Trinajstić information content (AvgIpc) is 3.05. The molecule has 9 heteroatoms. The first-order chi connectivity index (χ1) is 14.9. The lowest BCUT2D eigenvalue weighted by atomic mass is 10.2. The lowest BCUT2D eigenvalue weighted by Crippen LogP contribution is -2.31. The van der Waals surface area contributed by atoms with E-state index in [1.54, 1.807) is 49.6 Å². The van der Waals surface area contributed by atoms with Gasteiger partial charge in [-0.15, -0.1) is 0 Å². The number of thioether (sulfide) groups is 1. The van der Waals surface area contributed by atoms with Gasteiger partial charge in [-0.3, -0.25) is 19.3 Å². The molecular formula is C22H20N2O6S. The molecule has 1 aliphatic heterocycles. The van der Waals surface area contributed by atoms with Crippen molar-refractivity contribution in [3.05, 3.63) is 64.6 Å². The number of benzene rings is 2. The fourth-order valence-corrected chi connectivity index (χ4v) is 3.65. The number of anilines is 1. The molecule has 2 aromatic rings. The van der Waals surface area contributed by atoms with E-state index in [2.05, 4.69) is 10.1 Å². The number of methoxy groups -OCH3 is 2. The Morgan fingerprint density at radius 1 is 1.03 bits per heavy atom. The maximum absolute atomic E-state index is 12.6. The number of hydrogen-bond acceptors (Lipinski definition) is 7. The molecule has 3 rings (SSSR count). The van der Waals surface area contributed by atoms with E-state index in [9.17, 15) is 19.2 Å². The normalized spacial score (nSPS) is 14.6. The molecule has 0 spiro atoms. The summed E-state index contributed by atoms with van der Waals surface area (Å²) in [6.07, 6.45) is 1.58. The summed E-state index contributed by atoms with van der Waals surface area (Å²) in [4.78, 5) is 49.8. The van der Waals surface area contributed by atoms with Gasteiger partial charge in [0.25, 0.3) is 11.1 Å². The number of hydrogen-bond donors (Lipinski definition) is 1. The maximum atomic E-state index is 12.6. The minimum atomic E-state index is -0.472. The monoisotopic (exact) mass is 440 g/mol. The van der Waals surface area contributed by atoms with E-state index in [0.717, 1.165) is 22.2 Å². The summed E-state index contributed by atoms with van der Waals surface area (Å²) < 4.78 is 9.72. The first kappa shape index (κ1) is 22.1. The van der Waals surface area contributed by atoms with Gasteiger partial charge in [-0.05, 0) is 59.8 Å². The first-order valence-electron chi connectivity index (χ1n) is 9.29. The zero-order valence-electron chi connectivity index (χ0n) is 16.9. The van der Waals surface area contributed by atoms with E-state index in [1.807, 2.05) is 0 Å². The highest BCUT2D eigenvalue weighted by Crippen LogP contribution is 2.32. The van der Waals surface area contributed by atoms with Gasteiger partial charge in [0.2, 0.25) is 5.91 Å². The molecular weight excluding hydrogens is 420 g/mol. The summed E-state index contributed by atoms with van der Waals surface area (Å²) in [5.74, 6) is -0.568. The molecule has 1 saturated heterocycles. The average molecular weight is 440 g/mol. The van der Waals surface area contributed by atoms with E-state index < -0.39 is 17.1 Å². The molecule has 0 radical (unpaired) electrons. The van der Waals surface area contributed by atoms with Gasteiger partial charge < -0.3 is 14.8 Å². The Bertz CT molecular complexity index is 1030. The van der Waals surface area contributed by atoms with Gasteiger partial charge in [0.1, 0.15) is 5.75 Å². The predicted molar refractivity (Wildman–Crippen MR) is 117 cm³/mol. The van der Waals surface area contributed by atoms with Crippen LogP contribution in [0.15, 0.2) is 53.4 Å². The third kappa shape index (κ3) is 5.52. The van der Waals surface area contributed by atoms with E-state index in [1.165, 1.54) is 19.2 Å². The molecule has 2 aromatic carbocycles. The Hall–Kier alpha value is -3.59. The van der Waals surface area contributed by atoms with E-state index in [4.69, 9.17) is 4.74 Å². The molecule has 1 fully saturated rings. The number of carbonyl (C=O) groups excluding carboxylic acids is 4. The summed E-state index contributed by atoms with van der Waals surface area (Å²) in [6, 6.07) is 13.3. The second kappa shape index (κ2) is 9.94. The van der Waals surface area contributed by atoms with Crippen LogP contribution in [-0.4, -0.2) is 48.7 Å². The molecule has 160 valence electrons. The topological polar surface area (TPSA) is 102 Å². The van der Waals surface area contributed by atoms with Gasteiger partial charge in [0, 0.05) is 18.7 Å². The third-order valence-corrected chi connectivity index (χ3v) is 5.35. The number of nitrogens with zero attached hydrogens (tertiary/aromatic N) is 1. The van der Waals surface area contributed by atoms with Crippen LogP contribution in [-0.2, 0) is 14.3 Å². The van der Waals surface area contributed by atoms with Gasteiger partial charge >= 0.3 is 5.97 Å². The summed E-state index contributed by atoms with van der Waals surface area (Å²) in [7, 11) is 2.85. The molecule has 1 N–H and O–H groups in total. The minimum Gasteiger partial charge on any atom is -0.497 e. The molecule has 1 heterocycles. The molecule has 0 unspecified atom stereocenters. The minimum absolute atomic E-state index is 0.0311. The highest BCUT2D eigenvalue weighted by molar-refractivity contribution is 8.18. The molecule has 0 aromatic heterocycles. The summed E-state index contributed by atoms with van der Waals surface area (Å²) >= 11 is 0.840. The Kier molecular flexibility index (Phi) is 7.09. The smallest absolute Gasteiger partial charge is 0.337 e. The highest BCUT2D eigenvalue weighted by atomic mass is 32.2. The van der Waals surface area contributed by atoms with Gasteiger partial charge in [-0.2, -0.15) is 0 Å². The van der Waals surface area contributed by atoms with Crippen molar-refractivity contribution < 1.29 is 28.7 Å². The van der Waals surface area contributed by atoms with Crippen LogP contribution in [0.2, 0.25) is 0 Å². The Labute approximate surface area is 183 Å². The van der Waals surface area contributed by atoms with Crippen molar-refractivity contribution in [2.45, 2.75) is 6.42 Å². The third-order valence-electron chi connectivity index (χ3n) is 4.44. The van der Waals surface area contributed by atoms with Gasteiger partial charge in [0.05, 0.1) is 24.7 Å². The molecule has 0 aliphatic carbocycles. The van der Waals surface area contributed by atoms with Crippen LogP contribution in [0.1, 0.15) is 22.3 Å². The number of nitrogens with one attached hydrogen (secondary N) is 1. The predicted octanol–water partition coefficient (Wildman–Crippen LogP) is 3.55. The van der Waals surface area contributed by atoms with Crippen molar-refractivity contribution >= 4 is 46.5 Å². The quantitative estimate of drug-likeness (QED) is 0.519. The lowest BCUT2D eigenvalue weighted by molar-refractivity contribution is -0.123. The molecule has 3 amide bonds. The molecule has 8 nitrogen and oxygen atoms in total. The molecule has 0 bridgehead atoms. The molecule has 0 saturated carbocycles. The number of rotatable bonds is 7. The van der Waals surface area contributed by atoms with Gasteiger partial charge in [-0.1, -0.05) is 12.1 Å². The van der Waals surface area contributed by atoms with E-state index >= 15 is 0 Å².